The standard InChI is InChI=1S/C28H37NO4.HNO2S/c1-20-19-21(11-12-24(20)30)25(31)13-16-27(2,3)17-18-29-23-10-6-5-9-22(23)28(33-26(29)32)14-7-4-8-15-28;1-4(2)3/h5-6,9-12,19,25,30-31H,4,7-8,13-18H2,1-3H3;1H. The van der Waals surface area contributed by atoms with Gasteiger partial charge >= 0.3 is 16.6 Å². The summed E-state index contributed by atoms with van der Waals surface area (Å²) < 4.78 is 29.0. The van der Waals surface area contributed by atoms with E-state index in [0.29, 0.717) is 13.0 Å². The number of para-hydroxylation sites is 1. The molecule has 202 valence electrons. The van der Waals surface area contributed by atoms with E-state index in [4.69, 9.17) is 17.9 Å². The maximum absolute atomic E-state index is 13.1. The van der Waals surface area contributed by atoms with Gasteiger partial charge in [-0.1, -0.05) is 44.5 Å². The third-order valence-electron chi connectivity index (χ3n) is 7.56. The number of anilines is 1. The number of rotatable bonds is 7. The van der Waals surface area contributed by atoms with Crippen molar-refractivity contribution in [2.24, 2.45) is 5.41 Å². The van der Waals surface area contributed by atoms with E-state index >= 15 is 0 Å². The molecule has 1 aliphatic carbocycles. The van der Waals surface area contributed by atoms with Gasteiger partial charge in [0.2, 0.25) is 0 Å². The lowest BCUT2D eigenvalue weighted by atomic mass is 9.77. The Morgan fingerprint density at radius 2 is 1.76 bits per heavy atom. The number of aliphatic hydroxyl groups is 1. The minimum absolute atomic E-state index is 0.0534. The third-order valence-corrected chi connectivity index (χ3v) is 7.56. The average Bonchev–Trinajstić information content (AvgIpc) is 2.84. The molecule has 0 radical (unpaired) electrons. The Hall–Kier alpha value is -2.91. The van der Waals surface area contributed by atoms with Crippen molar-refractivity contribution in [3.05, 3.63) is 59.2 Å². The number of benzene rings is 2. The van der Waals surface area contributed by atoms with E-state index in [1.165, 1.54) is 6.42 Å². The van der Waals surface area contributed by atoms with Gasteiger partial charge in [0.25, 0.3) is 0 Å². The second kappa shape index (κ2) is 12.1. The Kier molecular flexibility index (Phi) is 9.36. The van der Waals surface area contributed by atoms with E-state index in [9.17, 15) is 15.0 Å². The Morgan fingerprint density at radius 3 is 2.41 bits per heavy atom. The molecule has 2 aliphatic rings. The fourth-order valence-electron chi connectivity index (χ4n) is 5.30. The quantitative estimate of drug-likeness (QED) is 0.381. The molecule has 2 aromatic carbocycles. The van der Waals surface area contributed by atoms with Crippen molar-refractivity contribution < 1.29 is 28.2 Å². The molecular weight excluding hydrogens is 492 g/mol. The molecule has 2 aromatic rings. The zero-order chi connectivity index (χ0) is 27.2. The Labute approximate surface area is 220 Å². The van der Waals surface area contributed by atoms with Crippen LogP contribution in [0.3, 0.4) is 0 Å². The monoisotopic (exact) mass is 530 g/mol. The van der Waals surface area contributed by atoms with E-state index in [2.05, 4.69) is 26.0 Å². The van der Waals surface area contributed by atoms with Gasteiger partial charge in [-0.3, -0.25) is 4.90 Å². The highest BCUT2D eigenvalue weighted by atomic mass is 32.2. The summed E-state index contributed by atoms with van der Waals surface area (Å²) in [6, 6.07) is 13.5. The largest absolute Gasteiger partial charge is 0.508 e. The molecule has 3 N–H and O–H groups in total. The molecule has 1 saturated carbocycles. The molecule has 1 spiro atoms. The number of hydrogen-bond donors (Lipinski definition) is 3. The van der Waals surface area contributed by atoms with E-state index in [0.717, 1.165) is 60.9 Å². The normalized spacial score (nSPS) is 17.3. The first-order chi connectivity index (χ1) is 17.4. The number of aromatic hydroxyl groups is 1. The highest BCUT2D eigenvalue weighted by Gasteiger charge is 2.45. The Bertz CT molecular complexity index is 1200. The molecule has 9 heteroatoms. The van der Waals surface area contributed by atoms with Gasteiger partial charge in [-0.05, 0) is 86.6 Å². The van der Waals surface area contributed by atoms with Crippen LogP contribution in [0, 0.1) is 17.1 Å². The summed E-state index contributed by atoms with van der Waals surface area (Å²) >= 11 is 0. The first-order valence-electron chi connectivity index (χ1n) is 12.8. The van der Waals surface area contributed by atoms with Crippen molar-refractivity contribution in [1.82, 2.24) is 0 Å². The van der Waals surface area contributed by atoms with E-state index < -0.39 is 22.2 Å². The molecule has 1 atom stereocenters. The van der Waals surface area contributed by atoms with E-state index in [1.54, 1.807) is 17.0 Å². The van der Waals surface area contributed by atoms with Crippen LogP contribution in [0.2, 0.25) is 0 Å². The molecule has 8 nitrogen and oxygen atoms in total. The summed E-state index contributed by atoms with van der Waals surface area (Å²) in [7, 11) is -2.61. The molecule has 1 amide bonds. The van der Waals surface area contributed by atoms with Gasteiger partial charge in [-0.15, -0.1) is 0 Å². The van der Waals surface area contributed by atoms with Crippen LogP contribution in [-0.2, 0) is 20.8 Å². The lowest BCUT2D eigenvalue weighted by molar-refractivity contribution is -0.0232. The lowest BCUT2D eigenvalue weighted by Crippen LogP contribution is -2.47. The van der Waals surface area contributed by atoms with Gasteiger partial charge in [0.1, 0.15) is 11.4 Å². The fraction of sp³-hybridized carbons (Fsp3) is 0.536. The minimum Gasteiger partial charge on any atom is -0.508 e. The number of amides is 1. The summed E-state index contributed by atoms with van der Waals surface area (Å²) in [5.74, 6) is 0.245. The van der Waals surface area contributed by atoms with Crippen molar-refractivity contribution >= 4 is 22.3 Å². The highest BCUT2D eigenvalue weighted by Crippen LogP contribution is 2.48. The molecule has 0 aromatic heterocycles. The SMILES string of the molecule is Cc1cc(C(O)CCC(C)(C)CCN2C(=O)OC3(CCCCC3)c3ccccc32)ccc1O.N=S(=O)=O. The lowest BCUT2D eigenvalue weighted by Gasteiger charge is -2.45. The zero-order valence-electron chi connectivity index (χ0n) is 21.9. The number of carbonyl (C=O) groups is 1. The van der Waals surface area contributed by atoms with Crippen LogP contribution in [0.1, 0.15) is 88.0 Å². The summed E-state index contributed by atoms with van der Waals surface area (Å²) in [5, 5.41) is 20.4. The zero-order valence-corrected chi connectivity index (χ0v) is 22.7. The molecule has 0 saturated heterocycles. The van der Waals surface area contributed by atoms with Gasteiger partial charge < -0.3 is 14.9 Å². The van der Waals surface area contributed by atoms with Crippen LogP contribution in [0.25, 0.3) is 0 Å². The van der Waals surface area contributed by atoms with Crippen LogP contribution in [0.4, 0.5) is 10.5 Å². The van der Waals surface area contributed by atoms with Crippen LogP contribution >= 0.6 is 0 Å². The minimum atomic E-state index is -2.61. The van der Waals surface area contributed by atoms with Crippen molar-refractivity contribution in [3.63, 3.8) is 0 Å². The van der Waals surface area contributed by atoms with Crippen LogP contribution in [0.5, 0.6) is 5.75 Å². The van der Waals surface area contributed by atoms with Crippen LogP contribution in [0.15, 0.2) is 42.5 Å². The first kappa shape index (κ1) is 28.7. The number of nitrogens with zero attached hydrogens (tertiary/aromatic N) is 1. The first-order valence-corrected chi connectivity index (χ1v) is 13.9. The van der Waals surface area contributed by atoms with Crippen molar-refractivity contribution in [2.45, 2.75) is 83.8 Å². The van der Waals surface area contributed by atoms with Crippen LogP contribution < -0.4 is 4.90 Å². The summed E-state index contributed by atoms with van der Waals surface area (Å²) in [6.45, 7) is 6.80. The summed E-state index contributed by atoms with van der Waals surface area (Å²) in [4.78, 5) is 14.9. The number of nitrogens with one attached hydrogen (secondary N) is 1. The number of aliphatic hydroxyl groups excluding tert-OH is 1. The van der Waals surface area contributed by atoms with E-state index in [-0.39, 0.29) is 17.3 Å². The van der Waals surface area contributed by atoms with Crippen LogP contribution in [-0.4, -0.2) is 31.3 Å². The maximum atomic E-state index is 13.1. The number of carbonyl (C=O) groups excluding carboxylic acids is 1. The number of hydrogen-bond acceptors (Lipinski definition) is 7. The van der Waals surface area contributed by atoms with Crippen molar-refractivity contribution in [1.29, 1.82) is 4.78 Å². The smallest absolute Gasteiger partial charge is 0.415 e. The second-order valence-electron chi connectivity index (χ2n) is 10.8. The predicted octanol–water partition coefficient (Wildman–Crippen LogP) is 6.37. The van der Waals surface area contributed by atoms with Gasteiger partial charge in [-0.2, -0.15) is 13.2 Å². The molecule has 1 heterocycles. The number of fused-ring (bicyclic) bond motifs is 2. The van der Waals surface area contributed by atoms with Crippen molar-refractivity contribution in [2.75, 3.05) is 11.4 Å². The van der Waals surface area contributed by atoms with Gasteiger partial charge in [-0.25, -0.2) is 4.79 Å². The third kappa shape index (κ3) is 7.32. The molecule has 1 unspecified atom stereocenters. The predicted molar refractivity (Wildman–Crippen MR) is 142 cm³/mol. The molecule has 37 heavy (non-hydrogen) atoms. The second-order valence-corrected chi connectivity index (χ2v) is 11.3. The van der Waals surface area contributed by atoms with Crippen molar-refractivity contribution in [3.8, 4) is 5.75 Å². The Balaban J connectivity index is 0.000000886. The number of ether oxygens (including phenoxy) is 1. The molecule has 1 aliphatic heterocycles. The Morgan fingerprint density at radius 1 is 1.11 bits per heavy atom. The maximum Gasteiger partial charge on any atom is 0.415 e. The fourth-order valence-corrected chi connectivity index (χ4v) is 5.30. The number of phenolic OH excluding ortho intramolecular Hbond substituents is 1. The molecule has 0 bridgehead atoms. The topological polar surface area (TPSA) is 128 Å². The summed E-state index contributed by atoms with van der Waals surface area (Å²) in [5.41, 5.74) is 3.23. The molecule has 1 fully saturated rings. The number of aryl methyl sites for hydroxylation is 1. The van der Waals surface area contributed by atoms with Gasteiger partial charge in [0.15, 0.2) is 0 Å². The van der Waals surface area contributed by atoms with Gasteiger partial charge in [0.05, 0.1) is 11.8 Å². The molecule has 4 rings (SSSR count). The highest BCUT2D eigenvalue weighted by molar-refractivity contribution is 7.60. The van der Waals surface area contributed by atoms with Gasteiger partial charge in [0, 0.05) is 12.1 Å². The molecular formula is C28H38N2O6S. The number of phenols is 1. The van der Waals surface area contributed by atoms with E-state index in [1.807, 2.05) is 25.1 Å². The average molecular weight is 531 g/mol. The summed E-state index contributed by atoms with van der Waals surface area (Å²) in [6.07, 6.45) is 6.66.